The van der Waals surface area contributed by atoms with Crippen molar-refractivity contribution in [3.8, 4) is 11.4 Å². The number of carbonyl (C=O) groups is 1. The summed E-state index contributed by atoms with van der Waals surface area (Å²) >= 11 is 1.67. The summed E-state index contributed by atoms with van der Waals surface area (Å²) in [6, 6.07) is 11.5. The summed E-state index contributed by atoms with van der Waals surface area (Å²) in [5.74, 6) is 0.784. The Labute approximate surface area is 151 Å². The van der Waals surface area contributed by atoms with Gasteiger partial charge < -0.3 is 14.6 Å². The van der Waals surface area contributed by atoms with E-state index >= 15 is 0 Å². The van der Waals surface area contributed by atoms with Gasteiger partial charge in [0.15, 0.2) is 0 Å². The van der Waals surface area contributed by atoms with Crippen LogP contribution in [0, 0.1) is 6.92 Å². The third-order valence-electron chi connectivity index (χ3n) is 4.01. The molecule has 3 aromatic rings. The van der Waals surface area contributed by atoms with Crippen molar-refractivity contribution in [2.75, 3.05) is 13.2 Å². The molecule has 1 amide bonds. The highest BCUT2D eigenvalue weighted by Gasteiger charge is 2.17. The number of benzene rings is 1. The van der Waals surface area contributed by atoms with Crippen LogP contribution in [0.25, 0.3) is 11.4 Å². The van der Waals surface area contributed by atoms with Crippen molar-refractivity contribution < 1.29 is 9.90 Å². The molecule has 0 spiro atoms. The van der Waals surface area contributed by atoms with Crippen molar-refractivity contribution in [3.63, 3.8) is 0 Å². The fourth-order valence-corrected chi connectivity index (χ4v) is 3.63. The third kappa shape index (κ3) is 3.97. The highest BCUT2D eigenvalue weighted by atomic mass is 32.1. The minimum Gasteiger partial charge on any atom is -0.395 e. The van der Waals surface area contributed by atoms with Crippen LogP contribution in [0.5, 0.6) is 0 Å². The molecule has 2 aromatic heterocycles. The van der Waals surface area contributed by atoms with E-state index in [9.17, 15) is 9.90 Å². The van der Waals surface area contributed by atoms with Crippen LogP contribution in [0.3, 0.4) is 0 Å². The first-order valence-electron chi connectivity index (χ1n) is 8.11. The Hall–Kier alpha value is -2.44. The molecule has 0 aliphatic carbocycles. The molecule has 130 valence electrons. The van der Waals surface area contributed by atoms with Gasteiger partial charge in [0.2, 0.25) is 0 Å². The van der Waals surface area contributed by atoms with Gasteiger partial charge in [-0.2, -0.15) is 0 Å². The number of hydrogen-bond donors (Lipinski definition) is 1. The standard InChI is InChI=1S/C19H21N3O2S/c1-14-3-8-17(25-14)13-22(11-12-23)19(24)16-6-4-15(5-7-16)18-20-9-10-21(18)2/h3-10,23H,11-13H2,1-2H3. The lowest BCUT2D eigenvalue weighted by Crippen LogP contribution is -2.32. The molecule has 0 saturated carbocycles. The van der Waals surface area contributed by atoms with Gasteiger partial charge in [0.1, 0.15) is 5.82 Å². The Kier molecular flexibility index (Phi) is 5.31. The number of aromatic nitrogens is 2. The number of nitrogens with zero attached hydrogens (tertiary/aromatic N) is 3. The first-order chi connectivity index (χ1) is 12.1. The topological polar surface area (TPSA) is 58.4 Å². The molecular weight excluding hydrogens is 334 g/mol. The van der Waals surface area contributed by atoms with E-state index in [1.807, 2.05) is 61.1 Å². The molecule has 0 unspecified atom stereocenters. The second kappa shape index (κ2) is 7.63. The van der Waals surface area contributed by atoms with E-state index in [4.69, 9.17) is 0 Å². The van der Waals surface area contributed by atoms with Crippen LogP contribution < -0.4 is 0 Å². The number of aryl methyl sites for hydroxylation is 2. The third-order valence-corrected chi connectivity index (χ3v) is 5.00. The average Bonchev–Trinajstić information content (AvgIpc) is 3.22. The van der Waals surface area contributed by atoms with E-state index in [1.54, 1.807) is 22.4 Å². The van der Waals surface area contributed by atoms with Crippen molar-refractivity contribution in [2.24, 2.45) is 7.05 Å². The lowest BCUT2D eigenvalue weighted by atomic mass is 10.1. The summed E-state index contributed by atoms with van der Waals surface area (Å²) in [5.41, 5.74) is 1.58. The van der Waals surface area contributed by atoms with Gasteiger partial charge in [0.25, 0.3) is 5.91 Å². The number of imidazole rings is 1. The van der Waals surface area contributed by atoms with Gasteiger partial charge in [-0.15, -0.1) is 11.3 Å². The van der Waals surface area contributed by atoms with Crippen LogP contribution >= 0.6 is 11.3 Å². The van der Waals surface area contributed by atoms with Crippen LogP contribution in [-0.4, -0.2) is 38.6 Å². The van der Waals surface area contributed by atoms with E-state index in [2.05, 4.69) is 4.98 Å². The number of thiophene rings is 1. The second-order valence-corrected chi connectivity index (χ2v) is 7.27. The number of carbonyl (C=O) groups excluding carboxylic acids is 1. The number of aliphatic hydroxyl groups excluding tert-OH is 1. The van der Waals surface area contributed by atoms with Crippen LogP contribution in [0.4, 0.5) is 0 Å². The number of amides is 1. The first-order valence-corrected chi connectivity index (χ1v) is 8.93. The van der Waals surface area contributed by atoms with Crippen molar-refractivity contribution in [2.45, 2.75) is 13.5 Å². The molecule has 3 rings (SSSR count). The lowest BCUT2D eigenvalue weighted by molar-refractivity contribution is 0.0709. The summed E-state index contributed by atoms with van der Waals surface area (Å²) in [6.07, 6.45) is 3.64. The summed E-state index contributed by atoms with van der Waals surface area (Å²) < 4.78 is 1.94. The molecule has 1 aromatic carbocycles. The molecule has 0 bridgehead atoms. The molecule has 0 fully saturated rings. The van der Waals surface area contributed by atoms with Gasteiger partial charge in [-0.1, -0.05) is 12.1 Å². The Morgan fingerprint density at radius 3 is 2.56 bits per heavy atom. The summed E-state index contributed by atoms with van der Waals surface area (Å²) in [6.45, 7) is 2.82. The maximum absolute atomic E-state index is 12.8. The first kappa shape index (κ1) is 17.4. The largest absolute Gasteiger partial charge is 0.395 e. The van der Waals surface area contributed by atoms with Crippen molar-refractivity contribution in [1.29, 1.82) is 0 Å². The molecule has 2 heterocycles. The number of hydrogen-bond acceptors (Lipinski definition) is 4. The number of rotatable bonds is 6. The monoisotopic (exact) mass is 355 g/mol. The van der Waals surface area contributed by atoms with E-state index in [0.717, 1.165) is 16.3 Å². The maximum Gasteiger partial charge on any atom is 0.254 e. The van der Waals surface area contributed by atoms with Crippen LogP contribution in [0.1, 0.15) is 20.1 Å². The maximum atomic E-state index is 12.8. The Morgan fingerprint density at radius 1 is 1.24 bits per heavy atom. The zero-order valence-electron chi connectivity index (χ0n) is 14.3. The molecular formula is C19H21N3O2S. The smallest absolute Gasteiger partial charge is 0.254 e. The van der Waals surface area contributed by atoms with Gasteiger partial charge in [0.05, 0.1) is 13.2 Å². The van der Waals surface area contributed by atoms with Gasteiger partial charge in [0, 0.05) is 46.9 Å². The number of aliphatic hydroxyl groups is 1. The Balaban J connectivity index is 1.78. The van der Waals surface area contributed by atoms with Gasteiger partial charge in [-0.05, 0) is 31.2 Å². The van der Waals surface area contributed by atoms with Gasteiger partial charge in [-0.3, -0.25) is 4.79 Å². The summed E-state index contributed by atoms with van der Waals surface area (Å²) in [7, 11) is 1.94. The molecule has 5 nitrogen and oxygen atoms in total. The van der Waals surface area contributed by atoms with Crippen LogP contribution in [0.2, 0.25) is 0 Å². The highest BCUT2D eigenvalue weighted by Crippen LogP contribution is 2.20. The second-order valence-electron chi connectivity index (χ2n) is 5.90. The average molecular weight is 355 g/mol. The predicted octanol–water partition coefficient (Wildman–Crippen LogP) is 3.09. The van der Waals surface area contributed by atoms with Crippen molar-refractivity contribution in [3.05, 3.63) is 64.1 Å². The molecule has 0 aliphatic rings. The predicted molar refractivity (Wildman–Crippen MR) is 99.5 cm³/mol. The zero-order valence-corrected chi connectivity index (χ0v) is 15.2. The summed E-state index contributed by atoms with van der Waals surface area (Å²) in [5, 5.41) is 9.31. The Morgan fingerprint density at radius 2 is 2.00 bits per heavy atom. The van der Waals surface area contributed by atoms with Gasteiger partial charge >= 0.3 is 0 Å². The fourth-order valence-electron chi connectivity index (χ4n) is 2.72. The van der Waals surface area contributed by atoms with E-state index in [0.29, 0.717) is 18.7 Å². The molecule has 0 saturated heterocycles. The molecule has 0 aliphatic heterocycles. The van der Waals surface area contributed by atoms with Crippen LogP contribution in [-0.2, 0) is 13.6 Å². The Bertz CT molecular complexity index is 852. The normalized spacial score (nSPS) is 10.8. The quantitative estimate of drug-likeness (QED) is 0.739. The molecule has 6 heteroatoms. The molecule has 25 heavy (non-hydrogen) atoms. The minimum absolute atomic E-state index is 0.0541. The molecule has 0 radical (unpaired) electrons. The molecule has 1 N–H and O–H groups in total. The van der Waals surface area contributed by atoms with E-state index < -0.39 is 0 Å². The molecule has 0 atom stereocenters. The highest BCUT2D eigenvalue weighted by molar-refractivity contribution is 7.11. The van der Waals surface area contributed by atoms with Crippen molar-refractivity contribution >= 4 is 17.2 Å². The lowest BCUT2D eigenvalue weighted by Gasteiger charge is -2.21. The van der Waals surface area contributed by atoms with Crippen molar-refractivity contribution in [1.82, 2.24) is 14.5 Å². The van der Waals surface area contributed by atoms with Crippen LogP contribution in [0.15, 0.2) is 48.8 Å². The SMILES string of the molecule is Cc1ccc(CN(CCO)C(=O)c2ccc(-c3nccn3C)cc2)s1. The fraction of sp³-hybridized carbons (Fsp3) is 0.263. The van der Waals surface area contributed by atoms with E-state index in [-0.39, 0.29) is 12.5 Å². The van der Waals surface area contributed by atoms with E-state index in [1.165, 1.54) is 4.88 Å². The van der Waals surface area contributed by atoms with Gasteiger partial charge in [-0.25, -0.2) is 4.98 Å². The summed E-state index contributed by atoms with van der Waals surface area (Å²) in [4.78, 5) is 21.1. The minimum atomic E-state index is -0.0773. The zero-order chi connectivity index (χ0) is 17.8.